The molecule has 1 N–H and O–H groups in total. The maximum atomic E-state index is 6.05. The van der Waals surface area contributed by atoms with Crippen molar-refractivity contribution >= 4 is 23.2 Å². The molecule has 2 nitrogen and oxygen atoms in total. The fraction of sp³-hybridized carbons (Fsp3) is 0.182. The highest BCUT2D eigenvalue weighted by Crippen LogP contribution is 2.22. The zero-order valence-electron chi connectivity index (χ0n) is 8.22. The van der Waals surface area contributed by atoms with Crippen molar-refractivity contribution in [2.75, 3.05) is 0 Å². The number of aromatic amines is 1. The summed E-state index contributed by atoms with van der Waals surface area (Å²) in [4.78, 5) is 7.38. The van der Waals surface area contributed by atoms with Crippen molar-refractivity contribution in [1.29, 1.82) is 0 Å². The van der Waals surface area contributed by atoms with Gasteiger partial charge < -0.3 is 4.98 Å². The van der Waals surface area contributed by atoms with Crippen LogP contribution in [-0.4, -0.2) is 9.97 Å². The lowest BCUT2D eigenvalue weighted by Gasteiger charge is -2.02. The Kier molecular flexibility index (Phi) is 2.98. The number of nitrogens with zero attached hydrogens (tertiary/aromatic N) is 1. The third kappa shape index (κ3) is 2.52. The van der Waals surface area contributed by atoms with Crippen molar-refractivity contribution in [3.63, 3.8) is 0 Å². The van der Waals surface area contributed by atoms with Gasteiger partial charge in [0.1, 0.15) is 5.82 Å². The lowest BCUT2D eigenvalue weighted by molar-refractivity contribution is 1.02. The molecule has 0 unspecified atom stereocenters. The molecule has 2 aromatic rings. The van der Waals surface area contributed by atoms with Crippen LogP contribution in [0.4, 0.5) is 0 Å². The molecule has 1 aromatic heterocycles. The highest BCUT2D eigenvalue weighted by molar-refractivity contribution is 6.33. The molecule has 0 spiro atoms. The topological polar surface area (TPSA) is 28.7 Å². The lowest BCUT2D eigenvalue weighted by Crippen LogP contribution is -1.92. The number of nitrogens with one attached hydrogen (secondary N) is 1. The third-order valence-electron chi connectivity index (χ3n) is 2.12. The number of hydrogen-bond donors (Lipinski definition) is 1. The van der Waals surface area contributed by atoms with Gasteiger partial charge in [-0.25, -0.2) is 4.98 Å². The molecular formula is C11H10Cl2N2. The molecule has 15 heavy (non-hydrogen) atoms. The lowest BCUT2D eigenvalue weighted by atomic mass is 10.1. The van der Waals surface area contributed by atoms with Gasteiger partial charge in [0.2, 0.25) is 0 Å². The average molecular weight is 241 g/mol. The van der Waals surface area contributed by atoms with E-state index in [1.165, 1.54) is 0 Å². The summed E-state index contributed by atoms with van der Waals surface area (Å²) in [6.45, 7) is 1.97. The minimum absolute atomic E-state index is 0.674. The van der Waals surface area contributed by atoms with Gasteiger partial charge in [-0.05, 0) is 30.7 Å². The van der Waals surface area contributed by atoms with Gasteiger partial charge in [-0.2, -0.15) is 0 Å². The summed E-state index contributed by atoms with van der Waals surface area (Å²) < 4.78 is 0. The number of hydrogen-bond acceptors (Lipinski definition) is 1. The summed E-state index contributed by atoms with van der Waals surface area (Å²) in [5.41, 5.74) is 2.03. The van der Waals surface area contributed by atoms with Gasteiger partial charge in [0, 0.05) is 28.4 Å². The first-order valence-corrected chi connectivity index (χ1v) is 5.35. The van der Waals surface area contributed by atoms with Crippen molar-refractivity contribution in [3.05, 3.63) is 51.5 Å². The Balaban J connectivity index is 2.27. The fourth-order valence-corrected chi connectivity index (χ4v) is 1.79. The number of rotatable bonds is 2. The summed E-state index contributed by atoms with van der Waals surface area (Å²) in [5.74, 6) is 0.900. The third-order valence-corrected chi connectivity index (χ3v) is 2.72. The van der Waals surface area contributed by atoms with E-state index in [4.69, 9.17) is 23.2 Å². The smallest absolute Gasteiger partial charge is 0.110 e. The summed E-state index contributed by atoms with van der Waals surface area (Å²) in [6.07, 6.45) is 2.47. The van der Waals surface area contributed by atoms with E-state index in [-0.39, 0.29) is 0 Å². The molecule has 0 bridgehead atoms. The molecule has 0 aliphatic carbocycles. The summed E-state index contributed by atoms with van der Waals surface area (Å²) in [7, 11) is 0. The summed E-state index contributed by atoms with van der Waals surface area (Å²) >= 11 is 12.0. The Hall–Kier alpha value is -0.990. The van der Waals surface area contributed by atoms with Crippen LogP contribution in [0.25, 0.3) is 0 Å². The van der Waals surface area contributed by atoms with Crippen LogP contribution < -0.4 is 0 Å². The predicted molar refractivity (Wildman–Crippen MR) is 62.6 cm³/mol. The fourth-order valence-electron chi connectivity index (χ4n) is 1.42. The second kappa shape index (κ2) is 4.25. The maximum absolute atomic E-state index is 6.05. The zero-order chi connectivity index (χ0) is 10.8. The van der Waals surface area contributed by atoms with Gasteiger partial charge in [0.15, 0.2) is 0 Å². The van der Waals surface area contributed by atoms with Crippen LogP contribution in [0.2, 0.25) is 10.0 Å². The highest BCUT2D eigenvalue weighted by atomic mass is 35.5. The van der Waals surface area contributed by atoms with E-state index in [0.717, 1.165) is 17.1 Å². The van der Waals surface area contributed by atoms with Crippen LogP contribution in [0, 0.1) is 6.92 Å². The molecule has 0 radical (unpaired) electrons. The first-order valence-electron chi connectivity index (χ1n) is 4.59. The Bertz CT molecular complexity index is 477. The van der Waals surface area contributed by atoms with Crippen LogP contribution in [0.1, 0.15) is 17.1 Å². The summed E-state index contributed by atoms with van der Waals surface area (Å²) in [6, 6.07) is 5.44. The molecule has 1 heterocycles. The van der Waals surface area contributed by atoms with E-state index in [0.29, 0.717) is 16.5 Å². The van der Waals surface area contributed by atoms with E-state index < -0.39 is 0 Å². The van der Waals surface area contributed by atoms with Gasteiger partial charge >= 0.3 is 0 Å². The van der Waals surface area contributed by atoms with Gasteiger partial charge in [0.25, 0.3) is 0 Å². The quantitative estimate of drug-likeness (QED) is 0.854. The number of benzene rings is 1. The second-order valence-electron chi connectivity index (χ2n) is 3.43. The van der Waals surface area contributed by atoms with Crippen LogP contribution in [0.3, 0.4) is 0 Å². The molecule has 0 atom stereocenters. The number of H-pyrrole nitrogens is 1. The first kappa shape index (κ1) is 10.5. The van der Waals surface area contributed by atoms with E-state index in [1.807, 2.05) is 13.0 Å². The Morgan fingerprint density at radius 2 is 2.13 bits per heavy atom. The van der Waals surface area contributed by atoms with Crippen LogP contribution >= 0.6 is 23.2 Å². The molecule has 0 aliphatic rings. The number of imidazole rings is 1. The molecule has 1 aromatic carbocycles. The standard InChI is InChI=1S/C11H10Cl2N2/c1-7-6-14-11(15-7)5-8-4-9(12)2-3-10(8)13/h2-4,6H,5H2,1H3,(H,14,15). The minimum atomic E-state index is 0.674. The number of aryl methyl sites for hydroxylation is 1. The summed E-state index contributed by atoms with van der Waals surface area (Å²) in [5, 5.41) is 1.41. The molecule has 4 heteroatoms. The molecule has 0 amide bonds. The minimum Gasteiger partial charge on any atom is -0.346 e. The Labute approximate surface area is 98.3 Å². The van der Waals surface area contributed by atoms with E-state index >= 15 is 0 Å². The normalized spacial score (nSPS) is 10.6. The molecule has 78 valence electrons. The van der Waals surface area contributed by atoms with Crippen molar-refractivity contribution < 1.29 is 0 Å². The largest absolute Gasteiger partial charge is 0.346 e. The van der Waals surface area contributed by atoms with Crippen LogP contribution in [0.5, 0.6) is 0 Å². The van der Waals surface area contributed by atoms with Gasteiger partial charge in [-0.1, -0.05) is 23.2 Å². The molecular weight excluding hydrogens is 231 g/mol. The van der Waals surface area contributed by atoms with E-state index in [1.54, 1.807) is 18.3 Å². The molecule has 0 saturated carbocycles. The Morgan fingerprint density at radius 1 is 1.33 bits per heavy atom. The predicted octanol–water partition coefficient (Wildman–Crippen LogP) is 3.62. The van der Waals surface area contributed by atoms with Gasteiger partial charge in [-0.15, -0.1) is 0 Å². The Morgan fingerprint density at radius 3 is 2.80 bits per heavy atom. The molecule has 0 fully saturated rings. The van der Waals surface area contributed by atoms with Crippen molar-refractivity contribution in [2.24, 2.45) is 0 Å². The van der Waals surface area contributed by atoms with E-state index in [9.17, 15) is 0 Å². The molecule has 0 saturated heterocycles. The van der Waals surface area contributed by atoms with E-state index in [2.05, 4.69) is 9.97 Å². The monoisotopic (exact) mass is 240 g/mol. The second-order valence-corrected chi connectivity index (χ2v) is 4.27. The average Bonchev–Trinajstić information content (AvgIpc) is 2.58. The van der Waals surface area contributed by atoms with Crippen molar-refractivity contribution in [1.82, 2.24) is 9.97 Å². The van der Waals surface area contributed by atoms with Crippen LogP contribution in [0.15, 0.2) is 24.4 Å². The maximum Gasteiger partial charge on any atom is 0.110 e. The van der Waals surface area contributed by atoms with Crippen molar-refractivity contribution in [3.8, 4) is 0 Å². The van der Waals surface area contributed by atoms with Gasteiger partial charge in [-0.3, -0.25) is 0 Å². The van der Waals surface area contributed by atoms with Crippen molar-refractivity contribution in [2.45, 2.75) is 13.3 Å². The first-order chi connectivity index (χ1) is 7.15. The molecule has 0 aliphatic heterocycles. The highest BCUT2D eigenvalue weighted by Gasteiger charge is 2.04. The zero-order valence-corrected chi connectivity index (χ0v) is 9.73. The van der Waals surface area contributed by atoms with Gasteiger partial charge in [0.05, 0.1) is 0 Å². The molecule has 2 rings (SSSR count). The number of halogens is 2. The SMILES string of the molecule is Cc1cnc(Cc2cc(Cl)ccc2Cl)[nH]1. The number of aromatic nitrogens is 2. The van der Waals surface area contributed by atoms with Crippen LogP contribution in [-0.2, 0) is 6.42 Å².